The van der Waals surface area contributed by atoms with E-state index in [1.54, 1.807) is 47.7 Å². The highest BCUT2D eigenvalue weighted by Crippen LogP contribution is 2.32. The van der Waals surface area contributed by atoms with Gasteiger partial charge in [-0.15, -0.1) is 11.3 Å². The Labute approximate surface area is 147 Å². The van der Waals surface area contributed by atoms with Crippen LogP contribution >= 0.6 is 11.3 Å². The van der Waals surface area contributed by atoms with Gasteiger partial charge in [-0.1, -0.05) is 13.8 Å². The molecule has 0 N–H and O–H groups in total. The van der Waals surface area contributed by atoms with Crippen LogP contribution in [0.1, 0.15) is 55.2 Å². The average molecular weight is 347 g/mol. The van der Waals surface area contributed by atoms with Gasteiger partial charge in [0.15, 0.2) is 6.10 Å². The first-order valence-electron chi connectivity index (χ1n) is 8.11. The summed E-state index contributed by atoms with van der Waals surface area (Å²) in [6.07, 6.45) is 2.71. The fourth-order valence-corrected chi connectivity index (χ4v) is 3.55. The number of aryl methyl sites for hydroxylation is 1. The number of likely N-dealkylation sites (N-methyl/N-ethyl adjacent to an activating group) is 1. The van der Waals surface area contributed by atoms with Crippen molar-refractivity contribution < 1.29 is 9.53 Å². The standard InChI is InChI=1S/C18H25N3O2S/c1-11(2)17-20-12(3)16(24-17)13(4)21(6)18(22)14(5)23-15-8-7-9-19-10-15/h7-11,13-14H,1-6H3/t13-,14+/m1/s1. The van der Waals surface area contributed by atoms with E-state index < -0.39 is 6.10 Å². The Morgan fingerprint density at radius 3 is 2.54 bits per heavy atom. The van der Waals surface area contributed by atoms with E-state index in [0.29, 0.717) is 11.7 Å². The van der Waals surface area contributed by atoms with Crippen LogP contribution in [0, 0.1) is 6.92 Å². The molecule has 2 aromatic heterocycles. The molecular weight excluding hydrogens is 322 g/mol. The van der Waals surface area contributed by atoms with Crippen LogP contribution in [0.2, 0.25) is 0 Å². The highest BCUT2D eigenvalue weighted by atomic mass is 32.1. The predicted molar refractivity (Wildman–Crippen MR) is 96.5 cm³/mol. The van der Waals surface area contributed by atoms with E-state index in [1.165, 1.54) is 0 Å². The van der Waals surface area contributed by atoms with E-state index >= 15 is 0 Å². The number of pyridine rings is 1. The minimum Gasteiger partial charge on any atom is -0.479 e. The van der Waals surface area contributed by atoms with Crippen molar-refractivity contribution in [3.05, 3.63) is 40.1 Å². The Morgan fingerprint density at radius 1 is 1.29 bits per heavy atom. The lowest BCUT2D eigenvalue weighted by molar-refractivity contribution is -0.138. The quantitative estimate of drug-likeness (QED) is 0.794. The van der Waals surface area contributed by atoms with Crippen LogP contribution in [0.15, 0.2) is 24.5 Å². The summed E-state index contributed by atoms with van der Waals surface area (Å²) in [7, 11) is 1.81. The molecule has 0 aliphatic carbocycles. The Morgan fingerprint density at radius 2 is 2.00 bits per heavy atom. The van der Waals surface area contributed by atoms with E-state index in [-0.39, 0.29) is 11.9 Å². The molecule has 2 aromatic rings. The number of aromatic nitrogens is 2. The highest BCUT2D eigenvalue weighted by molar-refractivity contribution is 7.11. The zero-order chi connectivity index (χ0) is 17.9. The van der Waals surface area contributed by atoms with E-state index in [2.05, 4.69) is 23.8 Å². The van der Waals surface area contributed by atoms with Gasteiger partial charge >= 0.3 is 0 Å². The fraction of sp³-hybridized carbons (Fsp3) is 0.500. The summed E-state index contributed by atoms with van der Waals surface area (Å²) < 4.78 is 5.69. The monoisotopic (exact) mass is 347 g/mol. The molecule has 0 aliphatic rings. The molecule has 1 amide bonds. The van der Waals surface area contributed by atoms with Crippen LogP contribution in [0.3, 0.4) is 0 Å². The normalized spacial score (nSPS) is 13.6. The van der Waals surface area contributed by atoms with Crippen molar-refractivity contribution >= 4 is 17.2 Å². The van der Waals surface area contributed by atoms with Crippen molar-refractivity contribution in [2.75, 3.05) is 7.05 Å². The van der Waals surface area contributed by atoms with E-state index in [9.17, 15) is 4.79 Å². The topological polar surface area (TPSA) is 55.3 Å². The molecule has 0 spiro atoms. The fourth-order valence-electron chi connectivity index (χ4n) is 2.39. The first-order valence-corrected chi connectivity index (χ1v) is 8.93. The molecule has 0 fully saturated rings. The van der Waals surface area contributed by atoms with Crippen molar-refractivity contribution in [2.45, 2.75) is 52.7 Å². The van der Waals surface area contributed by atoms with Crippen molar-refractivity contribution in [1.82, 2.24) is 14.9 Å². The van der Waals surface area contributed by atoms with Crippen LogP contribution in [0.4, 0.5) is 0 Å². The summed E-state index contributed by atoms with van der Waals surface area (Å²) in [6, 6.07) is 3.54. The third-order valence-electron chi connectivity index (χ3n) is 3.95. The summed E-state index contributed by atoms with van der Waals surface area (Å²) in [5.41, 5.74) is 0.997. The zero-order valence-corrected chi connectivity index (χ0v) is 15.9. The molecule has 2 rings (SSSR count). The third-order valence-corrected chi connectivity index (χ3v) is 5.57. The van der Waals surface area contributed by atoms with Gasteiger partial charge in [0.1, 0.15) is 5.75 Å². The van der Waals surface area contributed by atoms with Gasteiger partial charge in [0.25, 0.3) is 5.91 Å². The van der Waals surface area contributed by atoms with E-state index in [0.717, 1.165) is 15.6 Å². The molecular formula is C18H25N3O2S. The third kappa shape index (κ3) is 4.12. The molecule has 0 saturated heterocycles. The molecule has 5 nitrogen and oxygen atoms in total. The number of carbonyl (C=O) groups is 1. The maximum Gasteiger partial charge on any atom is 0.263 e. The van der Waals surface area contributed by atoms with Gasteiger partial charge in [0.2, 0.25) is 0 Å². The van der Waals surface area contributed by atoms with Crippen LogP contribution in [-0.4, -0.2) is 33.9 Å². The first-order chi connectivity index (χ1) is 11.3. The second-order valence-electron chi connectivity index (χ2n) is 6.23. The minimum atomic E-state index is -0.570. The summed E-state index contributed by atoms with van der Waals surface area (Å²) in [4.78, 5) is 24.2. The van der Waals surface area contributed by atoms with Crippen molar-refractivity contribution in [3.8, 4) is 5.75 Å². The van der Waals surface area contributed by atoms with Crippen LogP contribution in [0.25, 0.3) is 0 Å². The maximum absolute atomic E-state index is 12.7. The molecule has 2 atom stereocenters. The number of nitrogens with zero attached hydrogens (tertiary/aromatic N) is 3. The Bertz CT molecular complexity index is 685. The SMILES string of the molecule is Cc1nc(C(C)C)sc1[C@@H](C)N(C)C(=O)[C@H](C)Oc1cccnc1. The van der Waals surface area contributed by atoms with Crippen LogP contribution in [-0.2, 0) is 4.79 Å². The lowest BCUT2D eigenvalue weighted by atomic mass is 10.2. The van der Waals surface area contributed by atoms with Gasteiger partial charge in [0, 0.05) is 24.0 Å². The van der Waals surface area contributed by atoms with Gasteiger partial charge in [-0.05, 0) is 32.9 Å². The molecule has 24 heavy (non-hydrogen) atoms. The van der Waals surface area contributed by atoms with Crippen LogP contribution in [0.5, 0.6) is 5.75 Å². The largest absolute Gasteiger partial charge is 0.479 e. The number of hydrogen-bond donors (Lipinski definition) is 0. The number of thiazole rings is 1. The van der Waals surface area contributed by atoms with Gasteiger partial charge < -0.3 is 9.64 Å². The smallest absolute Gasteiger partial charge is 0.263 e. The number of ether oxygens (including phenoxy) is 1. The number of carbonyl (C=O) groups excluding carboxylic acids is 1. The maximum atomic E-state index is 12.7. The molecule has 130 valence electrons. The van der Waals surface area contributed by atoms with Crippen molar-refractivity contribution in [3.63, 3.8) is 0 Å². The first kappa shape index (κ1) is 18.4. The number of amides is 1. The molecule has 0 aromatic carbocycles. The summed E-state index contributed by atoms with van der Waals surface area (Å²) in [5.74, 6) is 0.921. The average Bonchev–Trinajstić information content (AvgIpc) is 2.95. The Kier molecular flexibility index (Phi) is 5.94. The number of hydrogen-bond acceptors (Lipinski definition) is 5. The molecule has 0 unspecified atom stereocenters. The second-order valence-corrected chi connectivity index (χ2v) is 7.29. The highest BCUT2D eigenvalue weighted by Gasteiger charge is 2.26. The Balaban J connectivity index is 2.09. The predicted octanol–water partition coefficient (Wildman–Crippen LogP) is 3.96. The zero-order valence-electron chi connectivity index (χ0n) is 15.1. The molecule has 6 heteroatoms. The van der Waals surface area contributed by atoms with Gasteiger partial charge in [0.05, 0.1) is 22.9 Å². The van der Waals surface area contributed by atoms with E-state index in [4.69, 9.17) is 4.74 Å². The molecule has 2 heterocycles. The van der Waals surface area contributed by atoms with Crippen molar-refractivity contribution in [1.29, 1.82) is 0 Å². The number of rotatable bonds is 6. The van der Waals surface area contributed by atoms with Crippen LogP contribution < -0.4 is 4.74 Å². The van der Waals surface area contributed by atoms with Crippen molar-refractivity contribution in [2.24, 2.45) is 0 Å². The molecule has 0 radical (unpaired) electrons. The van der Waals surface area contributed by atoms with Gasteiger partial charge in [-0.25, -0.2) is 4.98 Å². The molecule has 0 saturated carbocycles. The second kappa shape index (κ2) is 7.75. The summed E-state index contributed by atoms with van der Waals surface area (Å²) in [6.45, 7) is 10.1. The summed E-state index contributed by atoms with van der Waals surface area (Å²) >= 11 is 1.68. The lowest BCUT2D eigenvalue weighted by Gasteiger charge is -2.27. The van der Waals surface area contributed by atoms with E-state index in [1.807, 2.05) is 20.9 Å². The molecule has 0 aliphatic heterocycles. The Hall–Kier alpha value is -1.95. The minimum absolute atomic E-state index is 0.0394. The summed E-state index contributed by atoms with van der Waals surface area (Å²) in [5, 5.41) is 1.11. The van der Waals surface area contributed by atoms with Gasteiger partial charge in [-0.3, -0.25) is 9.78 Å². The van der Waals surface area contributed by atoms with Gasteiger partial charge in [-0.2, -0.15) is 0 Å². The lowest BCUT2D eigenvalue weighted by Crippen LogP contribution is -2.39. The molecule has 0 bridgehead atoms.